The summed E-state index contributed by atoms with van der Waals surface area (Å²) in [4.78, 5) is 38.4. The topological polar surface area (TPSA) is 98.7 Å². The number of hydrogen-bond donors (Lipinski definition) is 3. The first-order chi connectivity index (χ1) is 14.0. The number of carbonyl (C=O) groups excluding carboxylic acids is 2. The molecular weight excluding hydrogens is 370 g/mol. The van der Waals surface area contributed by atoms with E-state index in [9.17, 15) is 19.5 Å². The summed E-state index contributed by atoms with van der Waals surface area (Å²) in [6.45, 7) is 0.830. The molecule has 29 heavy (non-hydrogen) atoms. The van der Waals surface area contributed by atoms with Crippen LogP contribution in [-0.2, 0) is 16.0 Å². The summed E-state index contributed by atoms with van der Waals surface area (Å²) >= 11 is 0. The van der Waals surface area contributed by atoms with Gasteiger partial charge in [-0.05, 0) is 30.5 Å². The Balaban J connectivity index is 1.58. The van der Waals surface area contributed by atoms with Gasteiger partial charge in [0.2, 0.25) is 5.91 Å². The maximum atomic E-state index is 12.7. The number of amides is 3. The molecule has 0 spiro atoms. The molecule has 2 aromatic carbocycles. The van der Waals surface area contributed by atoms with Gasteiger partial charge in [-0.3, -0.25) is 4.79 Å². The largest absolute Gasteiger partial charge is 0.480 e. The molecule has 0 radical (unpaired) electrons. The summed E-state index contributed by atoms with van der Waals surface area (Å²) in [6, 6.07) is 17.1. The lowest BCUT2D eigenvalue weighted by atomic mass is 9.96. The smallest absolute Gasteiger partial charge is 0.326 e. The Morgan fingerprint density at radius 3 is 2.34 bits per heavy atom. The molecular formula is C22H25N3O4. The van der Waals surface area contributed by atoms with Gasteiger partial charge in [-0.2, -0.15) is 0 Å². The number of nitrogens with one attached hydrogen (secondary N) is 2. The van der Waals surface area contributed by atoms with Crippen molar-refractivity contribution < 1.29 is 19.5 Å². The van der Waals surface area contributed by atoms with E-state index < -0.39 is 17.9 Å². The van der Waals surface area contributed by atoms with Crippen molar-refractivity contribution in [1.82, 2.24) is 10.2 Å². The maximum Gasteiger partial charge on any atom is 0.326 e. The molecule has 3 amide bonds. The molecule has 1 aliphatic heterocycles. The van der Waals surface area contributed by atoms with Crippen LogP contribution in [0.1, 0.15) is 18.4 Å². The summed E-state index contributed by atoms with van der Waals surface area (Å²) in [6.07, 6.45) is 1.53. The number of carboxylic acid groups (broad SMARTS) is 1. The molecule has 0 aliphatic carbocycles. The number of hydrogen-bond acceptors (Lipinski definition) is 3. The Hall–Kier alpha value is -3.35. The number of benzene rings is 2. The molecule has 1 saturated heterocycles. The highest BCUT2D eigenvalue weighted by Crippen LogP contribution is 2.18. The van der Waals surface area contributed by atoms with E-state index in [0.29, 0.717) is 25.1 Å². The van der Waals surface area contributed by atoms with Crippen molar-refractivity contribution >= 4 is 23.6 Å². The molecule has 2 atom stereocenters. The summed E-state index contributed by atoms with van der Waals surface area (Å²) in [5, 5.41) is 15.0. The predicted octanol–water partition coefficient (Wildman–Crippen LogP) is 2.74. The van der Waals surface area contributed by atoms with Gasteiger partial charge < -0.3 is 20.6 Å². The number of carboxylic acids is 1. The molecule has 1 heterocycles. The van der Waals surface area contributed by atoms with Gasteiger partial charge in [0, 0.05) is 25.2 Å². The van der Waals surface area contributed by atoms with Gasteiger partial charge in [-0.1, -0.05) is 48.5 Å². The summed E-state index contributed by atoms with van der Waals surface area (Å²) < 4.78 is 0. The minimum absolute atomic E-state index is 0.215. The SMILES string of the molecule is O=C(N[C@@H](Cc1ccccc1)C(=O)O)C1CCCN(C(=O)Nc2ccccc2)C1. The first-order valence-electron chi connectivity index (χ1n) is 9.71. The minimum Gasteiger partial charge on any atom is -0.480 e. The second-order valence-corrected chi connectivity index (χ2v) is 7.17. The second kappa shape index (κ2) is 9.73. The van der Waals surface area contributed by atoms with Crippen molar-refractivity contribution in [3.05, 3.63) is 66.2 Å². The Morgan fingerprint density at radius 1 is 1.03 bits per heavy atom. The lowest BCUT2D eigenvalue weighted by Crippen LogP contribution is -2.50. The van der Waals surface area contributed by atoms with Crippen molar-refractivity contribution in [1.29, 1.82) is 0 Å². The van der Waals surface area contributed by atoms with Crippen molar-refractivity contribution in [2.24, 2.45) is 5.92 Å². The summed E-state index contributed by atoms with van der Waals surface area (Å²) in [5.74, 6) is -1.83. The number of likely N-dealkylation sites (tertiary alicyclic amines) is 1. The van der Waals surface area contributed by atoms with Crippen molar-refractivity contribution in [2.45, 2.75) is 25.3 Å². The van der Waals surface area contributed by atoms with Gasteiger partial charge in [-0.25, -0.2) is 9.59 Å². The monoisotopic (exact) mass is 395 g/mol. The van der Waals surface area contributed by atoms with Crippen LogP contribution in [0.3, 0.4) is 0 Å². The Labute approximate surface area is 169 Å². The number of para-hydroxylation sites is 1. The molecule has 0 aromatic heterocycles. The summed E-state index contributed by atoms with van der Waals surface area (Å²) in [7, 11) is 0. The van der Waals surface area contributed by atoms with Crippen LogP contribution in [0.15, 0.2) is 60.7 Å². The lowest BCUT2D eigenvalue weighted by Gasteiger charge is -2.32. The third kappa shape index (κ3) is 5.81. The third-order valence-corrected chi connectivity index (χ3v) is 5.00. The Morgan fingerprint density at radius 2 is 1.69 bits per heavy atom. The molecule has 3 N–H and O–H groups in total. The van der Waals surface area contributed by atoms with Crippen molar-refractivity contribution in [2.75, 3.05) is 18.4 Å². The van der Waals surface area contributed by atoms with Gasteiger partial charge in [0.15, 0.2) is 0 Å². The summed E-state index contributed by atoms with van der Waals surface area (Å²) in [5.41, 5.74) is 1.53. The van der Waals surface area contributed by atoms with Gasteiger partial charge in [0.25, 0.3) is 0 Å². The molecule has 1 aliphatic rings. The number of carbonyl (C=O) groups is 3. The normalized spacial score (nSPS) is 17.2. The fourth-order valence-electron chi connectivity index (χ4n) is 3.44. The van der Waals surface area contributed by atoms with Crippen LogP contribution in [0.5, 0.6) is 0 Å². The van der Waals surface area contributed by atoms with E-state index in [-0.39, 0.29) is 24.9 Å². The number of rotatable bonds is 6. The van der Waals surface area contributed by atoms with Gasteiger partial charge >= 0.3 is 12.0 Å². The predicted molar refractivity (Wildman–Crippen MR) is 109 cm³/mol. The van der Waals surface area contributed by atoms with Crippen molar-refractivity contribution in [3.8, 4) is 0 Å². The van der Waals surface area contributed by atoms with Crippen LogP contribution >= 0.6 is 0 Å². The zero-order valence-corrected chi connectivity index (χ0v) is 16.1. The zero-order chi connectivity index (χ0) is 20.6. The fourth-order valence-corrected chi connectivity index (χ4v) is 3.44. The van der Waals surface area contributed by atoms with Crippen LogP contribution in [0.25, 0.3) is 0 Å². The Kier molecular flexibility index (Phi) is 6.84. The van der Waals surface area contributed by atoms with Crippen molar-refractivity contribution in [3.63, 3.8) is 0 Å². The van der Waals surface area contributed by atoms with Gasteiger partial charge in [0.1, 0.15) is 6.04 Å². The van der Waals surface area contributed by atoms with E-state index in [1.54, 1.807) is 17.0 Å². The lowest BCUT2D eigenvalue weighted by molar-refractivity contribution is -0.142. The molecule has 1 unspecified atom stereocenters. The number of urea groups is 1. The highest BCUT2D eigenvalue weighted by molar-refractivity contribution is 5.90. The molecule has 3 rings (SSSR count). The first-order valence-corrected chi connectivity index (χ1v) is 9.71. The Bertz CT molecular complexity index is 842. The van der Waals surface area contributed by atoms with E-state index in [4.69, 9.17) is 0 Å². The van der Waals surface area contributed by atoms with Gasteiger partial charge in [-0.15, -0.1) is 0 Å². The molecule has 2 aromatic rings. The highest BCUT2D eigenvalue weighted by atomic mass is 16.4. The molecule has 0 saturated carbocycles. The van der Waals surface area contributed by atoms with E-state index in [1.165, 1.54) is 0 Å². The quantitative estimate of drug-likeness (QED) is 0.700. The molecule has 7 heteroatoms. The number of aliphatic carboxylic acids is 1. The van der Waals surface area contributed by atoms with Crippen LogP contribution in [0.2, 0.25) is 0 Å². The molecule has 0 bridgehead atoms. The van der Waals surface area contributed by atoms with E-state index in [0.717, 1.165) is 5.56 Å². The minimum atomic E-state index is -1.07. The van der Waals surface area contributed by atoms with Crippen LogP contribution in [0, 0.1) is 5.92 Å². The van der Waals surface area contributed by atoms with E-state index in [2.05, 4.69) is 10.6 Å². The van der Waals surface area contributed by atoms with Crippen LogP contribution < -0.4 is 10.6 Å². The number of piperidine rings is 1. The average molecular weight is 395 g/mol. The van der Waals surface area contributed by atoms with Gasteiger partial charge in [0.05, 0.1) is 5.92 Å². The second-order valence-electron chi connectivity index (χ2n) is 7.17. The van der Waals surface area contributed by atoms with E-state index >= 15 is 0 Å². The molecule has 1 fully saturated rings. The number of nitrogens with zero attached hydrogens (tertiary/aromatic N) is 1. The van der Waals surface area contributed by atoms with Crippen LogP contribution in [0.4, 0.5) is 10.5 Å². The average Bonchev–Trinajstić information content (AvgIpc) is 2.74. The maximum absolute atomic E-state index is 12.7. The molecule has 152 valence electrons. The third-order valence-electron chi connectivity index (χ3n) is 5.00. The highest BCUT2D eigenvalue weighted by Gasteiger charge is 2.31. The first kappa shape index (κ1) is 20.4. The van der Waals surface area contributed by atoms with Crippen LogP contribution in [-0.4, -0.2) is 47.0 Å². The standard InChI is InChI=1S/C22H25N3O4/c26-20(24-19(21(27)28)14-16-8-3-1-4-9-16)17-10-7-13-25(15-17)22(29)23-18-11-5-2-6-12-18/h1-6,8-9,11-12,17,19H,7,10,13-15H2,(H,23,29)(H,24,26)(H,27,28)/t17?,19-/m0/s1. The molecule has 7 nitrogen and oxygen atoms in total. The number of anilines is 1. The van der Waals surface area contributed by atoms with E-state index in [1.807, 2.05) is 48.5 Å². The fraction of sp³-hybridized carbons (Fsp3) is 0.318. The zero-order valence-electron chi connectivity index (χ0n) is 16.1.